The summed E-state index contributed by atoms with van der Waals surface area (Å²) in [5.41, 5.74) is 9.56. The molecule has 1 heterocycles. The molecule has 1 aliphatic carbocycles. The van der Waals surface area contributed by atoms with E-state index in [0.717, 1.165) is 18.4 Å². The number of rotatable bonds is 4. The monoisotopic (exact) mass is 257 g/mol. The predicted molar refractivity (Wildman–Crippen MR) is 79.3 cm³/mol. The maximum absolute atomic E-state index is 6.05. The fraction of sp³-hybridized carbons (Fsp3) is 0.562. The standard InChI is InChI=1S/C16H23N3/c1-16(2,17)9-8-11-6-7-13-14(10-11)19-15(18-13)12-4-3-5-12/h6-7,10,12H,3-5,8-9,17H2,1-2H3,(H,18,19). The highest BCUT2D eigenvalue weighted by Crippen LogP contribution is 2.35. The van der Waals surface area contributed by atoms with Crippen LogP contribution in [-0.2, 0) is 6.42 Å². The minimum absolute atomic E-state index is 0.0972. The molecular weight excluding hydrogens is 234 g/mol. The smallest absolute Gasteiger partial charge is 0.110 e. The lowest BCUT2D eigenvalue weighted by molar-refractivity contribution is 0.405. The van der Waals surface area contributed by atoms with Gasteiger partial charge in [-0.05, 0) is 57.2 Å². The number of hydrogen-bond acceptors (Lipinski definition) is 2. The minimum atomic E-state index is -0.0972. The topological polar surface area (TPSA) is 54.7 Å². The van der Waals surface area contributed by atoms with Crippen molar-refractivity contribution in [1.29, 1.82) is 0 Å². The SMILES string of the molecule is CC(C)(N)CCc1ccc2nc(C3CCC3)[nH]c2c1. The van der Waals surface area contributed by atoms with Gasteiger partial charge in [-0.15, -0.1) is 0 Å². The van der Waals surface area contributed by atoms with Crippen LogP contribution in [0.15, 0.2) is 18.2 Å². The summed E-state index contributed by atoms with van der Waals surface area (Å²) >= 11 is 0. The maximum atomic E-state index is 6.05. The third-order valence-electron chi connectivity index (χ3n) is 4.11. The minimum Gasteiger partial charge on any atom is -0.342 e. The quantitative estimate of drug-likeness (QED) is 0.880. The van der Waals surface area contributed by atoms with Crippen LogP contribution in [0.3, 0.4) is 0 Å². The number of hydrogen-bond donors (Lipinski definition) is 2. The number of nitrogens with two attached hydrogens (primary N) is 1. The molecule has 0 bridgehead atoms. The van der Waals surface area contributed by atoms with Gasteiger partial charge in [-0.25, -0.2) is 4.98 Å². The second kappa shape index (κ2) is 4.64. The summed E-state index contributed by atoms with van der Waals surface area (Å²) < 4.78 is 0. The lowest BCUT2D eigenvalue weighted by Gasteiger charge is -2.22. The van der Waals surface area contributed by atoms with E-state index in [-0.39, 0.29) is 5.54 Å². The molecule has 0 atom stereocenters. The van der Waals surface area contributed by atoms with Crippen molar-refractivity contribution in [3.8, 4) is 0 Å². The summed E-state index contributed by atoms with van der Waals surface area (Å²) in [5.74, 6) is 1.84. The molecule has 0 amide bonds. The van der Waals surface area contributed by atoms with E-state index in [1.165, 1.54) is 36.2 Å². The Balaban J connectivity index is 1.80. The first kappa shape index (κ1) is 12.7. The van der Waals surface area contributed by atoms with Crippen LogP contribution in [0.1, 0.15) is 56.8 Å². The van der Waals surface area contributed by atoms with Crippen molar-refractivity contribution < 1.29 is 0 Å². The van der Waals surface area contributed by atoms with Crippen LogP contribution >= 0.6 is 0 Å². The van der Waals surface area contributed by atoms with Gasteiger partial charge in [-0.1, -0.05) is 12.5 Å². The molecule has 1 aromatic carbocycles. The van der Waals surface area contributed by atoms with E-state index in [0.29, 0.717) is 5.92 Å². The van der Waals surface area contributed by atoms with Crippen LogP contribution in [-0.4, -0.2) is 15.5 Å². The first-order valence-electron chi connectivity index (χ1n) is 7.29. The van der Waals surface area contributed by atoms with Gasteiger partial charge in [0.05, 0.1) is 11.0 Å². The second-order valence-corrected chi connectivity index (χ2v) is 6.59. The van der Waals surface area contributed by atoms with Crippen molar-refractivity contribution in [3.63, 3.8) is 0 Å². The van der Waals surface area contributed by atoms with Gasteiger partial charge in [-0.2, -0.15) is 0 Å². The van der Waals surface area contributed by atoms with E-state index in [1.54, 1.807) is 0 Å². The van der Waals surface area contributed by atoms with E-state index in [2.05, 4.69) is 37.0 Å². The van der Waals surface area contributed by atoms with Crippen LogP contribution in [0.4, 0.5) is 0 Å². The molecule has 3 heteroatoms. The molecule has 0 radical (unpaired) electrons. The summed E-state index contributed by atoms with van der Waals surface area (Å²) in [6, 6.07) is 6.54. The summed E-state index contributed by atoms with van der Waals surface area (Å²) in [5, 5.41) is 0. The number of aromatic nitrogens is 2. The van der Waals surface area contributed by atoms with Crippen molar-refractivity contribution >= 4 is 11.0 Å². The lowest BCUT2D eigenvalue weighted by Crippen LogP contribution is -2.32. The summed E-state index contributed by atoms with van der Waals surface area (Å²) in [6.07, 6.45) is 5.94. The van der Waals surface area contributed by atoms with E-state index < -0.39 is 0 Å². The molecule has 1 fully saturated rings. The zero-order chi connectivity index (χ0) is 13.5. The Hall–Kier alpha value is -1.35. The molecule has 19 heavy (non-hydrogen) atoms. The van der Waals surface area contributed by atoms with Crippen LogP contribution in [0.2, 0.25) is 0 Å². The van der Waals surface area contributed by atoms with Gasteiger partial charge in [0.15, 0.2) is 0 Å². The van der Waals surface area contributed by atoms with Gasteiger partial charge in [0.25, 0.3) is 0 Å². The summed E-state index contributed by atoms with van der Waals surface area (Å²) in [7, 11) is 0. The third kappa shape index (κ3) is 2.81. The molecule has 3 nitrogen and oxygen atoms in total. The molecule has 1 aliphatic rings. The normalized spacial score (nSPS) is 16.8. The zero-order valence-corrected chi connectivity index (χ0v) is 11.9. The summed E-state index contributed by atoms with van der Waals surface area (Å²) in [6.45, 7) is 4.16. The predicted octanol–water partition coefficient (Wildman–Crippen LogP) is 3.50. The number of aryl methyl sites for hydroxylation is 1. The maximum Gasteiger partial charge on any atom is 0.110 e. The highest BCUT2D eigenvalue weighted by Gasteiger charge is 2.22. The van der Waals surface area contributed by atoms with Crippen LogP contribution < -0.4 is 5.73 Å². The molecule has 3 N–H and O–H groups in total. The molecule has 0 saturated heterocycles. The first-order valence-corrected chi connectivity index (χ1v) is 7.29. The number of fused-ring (bicyclic) bond motifs is 1. The molecule has 102 valence electrons. The number of nitrogens with one attached hydrogen (secondary N) is 1. The Bertz CT molecular complexity index is 573. The summed E-state index contributed by atoms with van der Waals surface area (Å²) in [4.78, 5) is 8.20. The molecule has 2 aromatic rings. The van der Waals surface area contributed by atoms with Crippen molar-refractivity contribution in [2.75, 3.05) is 0 Å². The van der Waals surface area contributed by atoms with Gasteiger partial charge in [0.2, 0.25) is 0 Å². The number of nitrogens with zero attached hydrogens (tertiary/aromatic N) is 1. The Morgan fingerprint density at radius 2 is 2.16 bits per heavy atom. The Morgan fingerprint density at radius 1 is 1.37 bits per heavy atom. The fourth-order valence-electron chi connectivity index (χ4n) is 2.57. The first-order chi connectivity index (χ1) is 9.01. The number of imidazole rings is 1. The van der Waals surface area contributed by atoms with Crippen molar-refractivity contribution in [3.05, 3.63) is 29.6 Å². The second-order valence-electron chi connectivity index (χ2n) is 6.59. The van der Waals surface area contributed by atoms with Crippen LogP contribution in [0.25, 0.3) is 11.0 Å². The fourth-order valence-corrected chi connectivity index (χ4v) is 2.57. The molecule has 1 aromatic heterocycles. The van der Waals surface area contributed by atoms with Gasteiger partial charge >= 0.3 is 0 Å². The highest BCUT2D eigenvalue weighted by molar-refractivity contribution is 5.76. The molecule has 0 unspecified atom stereocenters. The van der Waals surface area contributed by atoms with E-state index in [1.807, 2.05) is 0 Å². The zero-order valence-electron chi connectivity index (χ0n) is 11.9. The molecule has 0 aliphatic heterocycles. The molecular formula is C16H23N3. The van der Waals surface area contributed by atoms with Gasteiger partial charge in [0.1, 0.15) is 5.82 Å². The third-order valence-corrected chi connectivity index (χ3v) is 4.11. The average molecular weight is 257 g/mol. The van der Waals surface area contributed by atoms with E-state index >= 15 is 0 Å². The Kier molecular flexibility index (Phi) is 3.09. The van der Waals surface area contributed by atoms with Crippen molar-refractivity contribution in [1.82, 2.24) is 9.97 Å². The van der Waals surface area contributed by atoms with Crippen LogP contribution in [0.5, 0.6) is 0 Å². The number of aromatic amines is 1. The lowest BCUT2D eigenvalue weighted by atomic mass is 9.85. The highest BCUT2D eigenvalue weighted by atomic mass is 14.9. The Morgan fingerprint density at radius 3 is 2.79 bits per heavy atom. The van der Waals surface area contributed by atoms with E-state index in [9.17, 15) is 0 Å². The van der Waals surface area contributed by atoms with Crippen LogP contribution in [0, 0.1) is 0 Å². The van der Waals surface area contributed by atoms with Gasteiger partial charge in [0, 0.05) is 11.5 Å². The number of benzene rings is 1. The average Bonchev–Trinajstić information content (AvgIpc) is 2.65. The van der Waals surface area contributed by atoms with Crippen molar-refractivity contribution in [2.45, 2.75) is 57.4 Å². The van der Waals surface area contributed by atoms with Gasteiger partial charge < -0.3 is 10.7 Å². The number of H-pyrrole nitrogens is 1. The molecule has 0 spiro atoms. The van der Waals surface area contributed by atoms with E-state index in [4.69, 9.17) is 10.7 Å². The van der Waals surface area contributed by atoms with Gasteiger partial charge in [-0.3, -0.25) is 0 Å². The molecule has 1 saturated carbocycles. The van der Waals surface area contributed by atoms with Crippen molar-refractivity contribution in [2.24, 2.45) is 5.73 Å². The Labute approximate surface area is 114 Å². The largest absolute Gasteiger partial charge is 0.342 e. The molecule has 3 rings (SSSR count).